The number of imidazole rings is 1. The van der Waals surface area contributed by atoms with E-state index in [9.17, 15) is 18.4 Å². The number of piperidine rings is 1. The molecule has 0 spiro atoms. The third-order valence-electron chi connectivity index (χ3n) is 7.09. The first-order valence-electron chi connectivity index (χ1n) is 11.5. The first-order valence-corrected chi connectivity index (χ1v) is 11.5. The molecule has 5 rings (SSSR count). The average molecular weight is 470 g/mol. The van der Waals surface area contributed by atoms with Gasteiger partial charge in [0.25, 0.3) is 0 Å². The van der Waals surface area contributed by atoms with Gasteiger partial charge in [0.15, 0.2) is 5.65 Å². The van der Waals surface area contributed by atoms with E-state index in [2.05, 4.69) is 45.1 Å². The zero-order valence-electron chi connectivity index (χ0n) is 18.8. The predicted octanol–water partition coefficient (Wildman–Crippen LogP) is 4.14. The lowest BCUT2D eigenvalue weighted by Gasteiger charge is -2.51. The molecule has 3 aromatic rings. The van der Waals surface area contributed by atoms with Crippen LogP contribution in [-0.2, 0) is 16.7 Å². The van der Waals surface area contributed by atoms with Crippen LogP contribution < -0.4 is 4.90 Å². The molecule has 2 fully saturated rings. The second-order valence-electron chi connectivity index (χ2n) is 8.91. The lowest BCUT2D eigenvalue weighted by atomic mass is 9.78. The van der Waals surface area contributed by atoms with Gasteiger partial charge in [-0.15, -0.1) is 0 Å². The van der Waals surface area contributed by atoms with Crippen LogP contribution >= 0.6 is 0 Å². The van der Waals surface area contributed by atoms with Crippen molar-refractivity contribution in [2.24, 2.45) is 0 Å². The standard InChI is InChI=1S/C25H26F3N5O/c26-25(27,28)16-20-18-30-23-21(17-29)22(6-9-33(20)23)31-10-7-24(8-11-31,19-4-2-1-3-5-19)32-12-14-34-15-13-32/h1-6,9,18H,7-8,10-16H2. The minimum absolute atomic E-state index is 0.0274. The SMILES string of the molecule is N#Cc1c(N2CCC(c3ccccc3)(N3CCOCC3)CC2)ccn2c(CC(F)(F)F)cnc12. The second-order valence-corrected chi connectivity index (χ2v) is 8.91. The van der Waals surface area contributed by atoms with Crippen molar-refractivity contribution in [1.82, 2.24) is 14.3 Å². The molecule has 2 aliphatic rings. The van der Waals surface area contributed by atoms with Crippen LogP contribution in [0.2, 0.25) is 0 Å². The fraction of sp³-hybridized carbons (Fsp3) is 0.440. The Morgan fingerprint density at radius 2 is 1.74 bits per heavy atom. The molecular formula is C25H26F3N5O. The lowest BCUT2D eigenvalue weighted by molar-refractivity contribution is -0.127. The largest absolute Gasteiger partial charge is 0.394 e. The van der Waals surface area contributed by atoms with Crippen LogP contribution in [0.25, 0.3) is 5.65 Å². The lowest BCUT2D eigenvalue weighted by Crippen LogP contribution is -2.56. The number of anilines is 1. The molecule has 0 N–H and O–H groups in total. The number of hydrogen-bond donors (Lipinski definition) is 0. The van der Waals surface area contributed by atoms with Gasteiger partial charge < -0.3 is 14.0 Å². The molecular weight excluding hydrogens is 443 g/mol. The van der Waals surface area contributed by atoms with E-state index in [0.29, 0.717) is 18.8 Å². The number of pyridine rings is 1. The normalized spacial score (nSPS) is 19.3. The van der Waals surface area contributed by atoms with Gasteiger partial charge in [-0.2, -0.15) is 18.4 Å². The van der Waals surface area contributed by atoms with Gasteiger partial charge in [-0.1, -0.05) is 30.3 Å². The van der Waals surface area contributed by atoms with Crippen LogP contribution in [0.3, 0.4) is 0 Å². The highest BCUT2D eigenvalue weighted by Crippen LogP contribution is 2.41. The third kappa shape index (κ3) is 4.12. The molecule has 178 valence electrons. The highest BCUT2D eigenvalue weighted by Gasteiger charge is 2.42. The predicted molar refractivity (Wildman–Crippen MR) is 122 cm³/mol. The Labute approximate surface area is 196 Å². The highest BCUT2D eigenvalue weighted by atomic mass is 19.4. The maximum absolute atomic E-state index is 12.9. The number of hydrogen-bond acceptors (Lipinski definition) is 5. The smallest absolute Gasteiger partial charge is 0.379 e. The van der Waals surface area contributed by atoms with E-state index in [4.69, 9.17) is 4.74 Å². The van der Waals surface area contributed by atoms with Gasteiger partial charge in [-0.25, -0.2) is 4.98 Å². The van der Waals surface area contributed by atoms with Gasteiger partial charge in [-0.3, -0.25) is 4.90 Å². The number of aromatic nitrogens is 2. The number of fused-ring (bicyclic) bond motifs is 1. The molecule has 34 heavy (non-hydrogen) atoms. The van der Waals surface area contributed by atoms with E-state index >= 15 is 0 Å². The maximum Gasteiger partial charge on any atom is 0.394 e. The molecule has 0 atom stereocenters. The van der Waals surface area contributed by atoms with E-state index < -0.39 is 12.6 Å². The van der Waals surface area contributed by atoms with Crippen molar-refractivity contribution in [3.05, 3.63) is 65.6 Å². The molecule has 0 amide bonds. The van der Waals surface area contributed by atoms with Crippen LogP contribution in [-0.4, -0.2) is 59.9 Å². The summed E-state index contributed by atoms with van der Waals surface area (Å²) < 4.78 is 45.8. The number of morpholine rings is 1. The van der Waals surface area contributed by atoms with E-state index in [-0.39, 0.29) is 16.9 Å². The quantitative estimate of drug-likeness (QED) is 0.575. The van der Waals surface area contributed by atoms with E-state index in [1.54, 1.807) is 12.3 Å². The van der Waals surface area contributed by atoms with E-state index in [0.717, 1.165) is 44.7 Å². The molecule has 2 aromatic heterocycles. The summed E-state index contributed by atoms with van der Waals surface area (Å²) in [5, 5.41) is 9.90. The molecule has 4 heterocycles. The number of ether oxygens (including phenoxy) is 1. The summed E-state index contributed by atoms with van der Waals surface area (Å²) in [7, 11) is 0. The first-order chi connectivity index (χ1) is 16.4. The molecule has 2 saturated heterocycles. The molecule has 1 aromatic carbocycles. The van der Waals surface area contributed by atoms with Gasteiger partial charge in [0.1, 0.15) is 11.6 Å². The summed E-state index contributed by atoms with van der Waals surface area (Å²) in [5.74, 6) is 0. The molecule has 0 radical (unpaired) electrons. The van der Waals surface area contributed by atoms with Crippen molar-refractivity contribution in [2.75, 3.05) is 44.3 Å². The Morgan fingerprint density at radius 1 is 1.03 bits per heavy atom. The average Bonchev–Trinajstić information content (AvgIpc) is 3.26. The van der Waals surface area contributed by atoms with Gasteiger partial charge in [-0.05, 0) is 24.5 Å². The molecule has 9 heteroatoms. The van der Waals surface area contributed by atoms with Gasteiger partial charge in [0.2, 0.25) is 0 Å². The zero-order chi connectivity index (χ0) is 23.8. The van der Waals surface area contributed by atoms with Crippen molar-refractivity contribution in [3.8, 4) is 6.07 Å². The van der Waals surface area contributed by atoms with Gasteiger partial charge >= 0.3 is 6.18 Å². The highest BCUT2D eigenvalue weighted by molar-refractivity contribution is 5.71. The molecule has 0 saturated carbocycles. The van der Waals surface area contributed by atoms with Gasteiger partial charge in [0.05, 0.1) is 31.0 Å². The third-order valence-corrected chi connectivity index (χ3v) is 7.09. The minimum atomic E-state index is -4.34. The molecule has 0 bridgehead atoms. The fourth-order valence-electron chi connectivity index (χ4n) is 5.44. The summed E-state index contributed by atoms with van der Waals surface area (Å²) in [4.78, 5) is 8.86. The van der Waals surface area contributed by atoms with Crippen molar-refractivity contribution in [2.45, 2.75) is 31.0 Å². The number of benzene rings is 1. The Bertz CT molecular complexity index is 1190. The second kappa shape index (κ2) is 8.93. The monoisotopic (exact) mass is 469 g/mol. The Hall–Kier alpha value is -3.09. The summed E-state index contributed by atoms with van der Waals surface area (Å²) in [6.07, 6.45) is -0.861. The van der Waals surface area contributed by atoms with Crippen molar-refractivity contribution in [1.29, 1.82) is 5.26 Å². The van der Waals surface area contributed by atoms with Crippen molar-refractivity contribution < 1.29 is 17.9 Å². The Morgan fingerprint density at radius 3 is 2.38 bits per heavy atom. The van der Waals surface area contributed by atoms with Crippen LogP contribution in [0.15, 0.2) is 48.8 Å². The van der Waals surface area contributed by atoms with Crippen molar-refractivity contribution in [3.63, 3.8) is 0 Å². The first kappa shape index (κ1) is 22.7. The number of nitriles is 1. The molecule has 0 unspecified atom stereocenters. The van der Waals surface area contributed by atoms with Crippen LogP contribution in [0.5, 0.6) is 0 Å². The summed E-state index contributed by atoms with van der Waals surface area (Å²) in [5.41, 5.74) is 2.52. The number of rotatable bonds is 4. The van der Waals surface area contributed by atoms with E-state index in [1.807, 2.05) is 6.07 Å². The van der Waals surface area contributed by atoms with Crippen LogP contribution in [0.1, 0.15) is 29.7 Å². The summed E-state index contributed by atoms with van der Waals surface area (Å²) in [6.45, 7) is 4.64. The molecule has 6 nitrogen and oxygen atoms in total. The van der Waals surface area contributed by atoms with Crippen LogP contribution in [0.4, 0.5) is 18.9 Å². The Balaban J connectivity index is 1.44. The van der Waals surface area contributed by atoms with E-state index in [1.165, 1.54) is 16.2 Å². The topological polar surface area (TPSA) is 56.8 Å². The Kier molecular flexibility index (Phi) is 5.96. The van der Waals surface area contributed by atoms with Gasteiger partial charge in [0, 0.05) is 44.1 Å². The minimum Gasteiger partial charge on any atom is -0.379 e. The zero-order valence-corrected chi connectivity index (χ0v) is 18.8. The molecule has 0 aliphatic carbocycles. The summed E-state index contributed by atoms with van der Waals surface area (Å²) in [6, 6.07) is 14.5. The maximum atomic E-state index is 12.9. The van der Waals surface area contributed by atoms with Crippen LogP contribution in [0, 0.1) is 11.3 Å². The van der Waals surface area contributed by atoms with Crippen molar-refractivity contribution >= 4 is 11.3 Å². The molecule has 2 aliphatic heterocycles. The summed E-state index contributed by atoms with van der Waals surface area (Å²) >= 11 is 0. The number of halogens is 3. The fourth-order valence-corrected chi connectivity index (χ4v) is 5.44. The number of nitrogens with zero attached hydrogens (tertiary/aromatic N) is 5. The number of alkyl halides is 3.